The highest BCUT2D eigenvalue weighted by molar-refractivity contribution is 7.99. The van der Waals surface area contributed by atoms with Crippen molar-refractivity contribution in [1.29, 1.82) is 0 Å². The SMILES string of the molecule is CCN(C(=O)CSc1nnc(-c2ccccc2)n1-c1ccccc1)[C@H]1CCS(=O)(=O)C1. The number of amides is 1. The molecule has 0 unspecified atom stereocenters. The van der Waals surface area contributed by atoms with Gasteiger partial charge in [0.25, 0.3) is 0 Å². The van der Waals surface area contributed by atoms with E-state index in [9.17, 15) is 13.2 Å². The predicted molar refractivity (Wildman–Crippen MR) is 122 cm³/mol. The molecule has 2 heterocycles. The molecule has 0 N–H and O–H groups in total. The lowest BCUT2D eigenvalue weighted by Gasteiger charge is -2.26. The second-order valence-electron chi connectivity index (χ2n) is 7.37. The first kappa shape index (κ1) is 21.6. The number of carbonyl (C=O) groups excluding carboxylic acids is 1. The maximum atomic E-state index is 12.9. The van der Waals surface area contributed by atoms with Crippen molar-refractivity contribution in [2.75, 3.05) is 23.8 Å². The zero-order chi connectivity index (χ0) is 21.8. The fourth-order valence-electron chi connectivity index (χ4n) is 3.82. The molecule has 3 aromatic rings. The highest BCUT2D eigenvalue weighted by atomic mass is 32.2. The number of carbonyl (C=O) groups is 1. The molecule has 1 aromatic heterocycles. The van der Waals surface area contributed by atoms with Gasteiger partial charge in [-0.3, -0.25) is 9.36 Å². The monoisotopic (exact) mass is 456 g/mol. The first-order valence-corrected chi connectivity index (χ1v) is 13.0. The number of para-hydroxylation sites is 1. The van der Waals surface area contributed by atoms with Gasteiger partial charge in [0, 0.05) is 23.8 Å². The summed E-state index contributed by atoms with van der Waals surface area (Å²) in [6, 6.07) is 19.3. The van der Waals surface area contributed by atoms with E-state index < -0.39 is 9.84 Å². The van der Waals surface area contributed by atoms with Crippen LogP contribution in [0.25, 0.3) is 17.1 Å². The van der Waals surface area contributed by atoms with Crippen LogP contribution in [0.5, 0.6) is 0 Å². The number of benzene rings is 2. The van der Waals surface area contributed by atoms with E-state index in [1.54, 1.807) is 4.90 Å². The second-order valence-corrected chi connectivity index (χ2v) is 10.5. The van der Waals surface area contributed by atoms with Crippen LogP contribution in [0.1, 0.15) is 13.3 Å². The van der Waals surface area contributed by atoms with Crippen molar-refractivity contribution >= 4 is 27.5 Å². The van der Waals surface area contributed by atoms with E-state index in [-0.39, 0.29) is 29.2 Å². The predicted octanol–water partition coefficient (Wildman–Crippen LogP) is 3.06. The molecule has 1 atom stereocenters. The minimum atomic E-state index is -3.05. The quantitative estimate of drug-likeness (QED) is 0.508. The molecule has 0 aliphatic carbocycles. The van der Waals surface area contributed by atoms with Crippen LogP contribution in [0.4, 0.5) is 0 Å². The van der Waals surface area contributed by atoms with Gasteiger partial charge >= 0.3 is 0 Å². The lowest BCUT2D eigenvalue weighted by atomic mass is 10.2. The number of sulfone groups is 1. The fourth-order valence-corrected chi connectivity index (χ4v) is 6.38. The molecule has 1 aliphatic heterocycles. The molecule has 1 amide bonds. The van der Waals surface area contributed by atoms with Crippen LogP contribution in [0.2, 0.25) is 0 Å². The summed E-state index contributed by atoms with van der Waals surface area (Å²) in [4.78, 5) is 14.6. The summed E-state index contributed by atoms with van der Waals surface area (Å²) in [5.41, 5.74) is 1.85. The van der Waals surface area contributed by atoms with Gasteiger partial charge in [0.05, 0.1) is 17.3 Å². The van der Waals surface area contributed by atoms with Crippen LogP contribution in [0, 0.1) is 0 Å². The molecule has 31 heavy (non-hydrogen) atoms. The molecule has 0 spiro atoms. The molecule has 9 heteroatoms. The van der Waals surface area contributed by atoms with Gasteiger partial charge in [-0.25, -0.2) is 8.42 Å². The Hall–Kier alpha value is -2.65. The van der Waals surface area contributed by atoms with Gasteiger partial charge < -0.3 is 4.90 Å². The van der Waals surface area contributed by atoms with E-state index in [0.717, 1.165) is 11.3 Å². The van der Waals surface area contributed by atoms with E-state index in [0.29, 0.717) is 23.9 Å². The van der Waals surface area contributed by atoms with Crippen molar-refractivity contribution in [3.63, 3.8) is 0 Å². The van der Waals surface area contributed by atoms with Gasteiger partial charge in [0.2, 0.25) is 5.91 Å². The molecule has 4 rings (SSSR count). The highest BCUT2D eigenvalue weighted by Gasteiger charge is 2.34. The minimum absolute atomic E-state index is 0.0512. The van der Waals surface area contributed by atoms with Crippen molar-refractivity contribution in [1.82, 2.24) is 19.7 Å². The van der Waals surface area contributed by atoms with Crippen molar-refractivity contribution in [3.05, 3.63) is 60.7 Å². The third-order valence-electron chi connectivity index (χ3n) is 5.31. The Labute approximate surface area is 186 Å². The molecule has 1 saturated heterocycles. The Morgan fingerprint density at radius 2 is 1.77 bits per heavy atom. The average Bonchev–Trinajstić information content (AvgIpc) is 3.37. The summed E-state index contributed by atoms with van der Waals surface area (Å²) in [5.74, 6) is 0.992. The lowest BCUT2D eigenvalue weighted by molar-refractivity contribution is -0.129. The largest absolute Gasteiger partial charge is 0.338 e. The van der Waals surface area contributed by atoms with Crippen LogP contribution in [0.3, 0.4) is 0 Å². The van der Waals surface area contributed by atoms with Crippen molar-refractivity contribution in [2.24, 2.45) is 0 Å². The summed E-state index contributed by atoms with van der Waals surface area (Å²) >= 11 is 1.32. The number of thioether (sulfide) groups is 1. The Bertz CT molecular complexity index is 1150. The molecule has 1 aliphatic rings. The molecule has 2 aromatic carbocycles. The number of hydrogen-bond donors (Lipinski definition) is 0. The number of aromatic nitrogens is 3. The summed E-state index contributed by atoms with van der Waals surface area (Å²) in [5, 5.41) is 9.37. The molecule has 1 fully saturated rings. The van der Waals surface area contributed by atoms with Crippen molar-refractivity contribution < 1.29 is 13.2 Å². The van der Waals surface area contributed by atoms with Crippen molar-refractivity contribution in [2.45, 2.75) is 24.5 Å². The van der Waals surface area contributed by atoms with Crippen LogP contribution < -0.4 is 0 Å². The van der Waals surface area contributed by atoms with E-state index >= 15 is 0 Å². The molecular weight excluding hydrogens is 432 g/mol. The van der Waals surface area contributed by atoms with Crippen molar-refractivity contribution in [3.8, 4) is 17.1 Å². The van der Waals surface area contributed by atoms with Gasteiger partial charge in [-0.15, -0.1) is 10.2 Å². The van der Waals surface area contributed by atoms with Gasteiger partial charge in [-0.2, -0.15) is 0 Å². The zero-order valence-electron chi connectivity index (χ0n) is 17.2. The van der Waals surface area contributed by atoms with Gasteiger partial charge in [-0.05, 0) is 25.5 Å². The van der Waals surface area contributed by atoms with Gasteiger partial charge in [-0.1, -0.05) is 60.3 Å². The van der Waals surface area contributed by atoms with E-state index in [4.69, 9.17) is 0 Å². The smallest absolute Gasteiger partial charge is 0.233 e. The zero-order valence-corrected chi connectivity index (χ0v) is 18.8. The van der Waals surface area contributed by atoms with E-state index in [1.807, 2.05) is 72.2 Å². The Morgan fingerprint density at radius 1 is 1.10 bits per heavy atom. The van der Waals surface area contributed by atoms with Crippen LogP contribution in [0.15, 0.2) is 65.8 Å². The number of rotatable bonds is 7. The highest BCUT2D eigenvalue weighted by Crippen LogP contribution is 2.28. The Balaban J connectivity index is 1.57. The summed E-state index contributed by atoms with van der Waals surface area (Å²) in [7, 11) is -3.05. The first-order valence-electron chi connectivity index (χ1n) is 10.2. The topological polar surface area (TPSA) is 85.2 Å². The standard InChI is InChI=1S/C22H24N4O3S2/c1-2-25(19-13-14-31(28,29)16-19)20(27)15-30-22-24-23-21(17-9-5-3-6-10-17)26(22)18-11-7-4-8-12-18/h3-12,19H,2,13-16H2,1H3/t19-/m0/s1. The van der Waals surface area contributed by atoms with E-state index in [1.165, 1.54) is 11.8 Å². The first-order chi connectivity index (χ1) is 15.0. The summed E-state index contributed by atoms with van der Waals surface area (Å²) in [6.45, 7) is 2.37. The normalized spacial score (nSPS) is 17.5. The number of nitrogens with zero attached hydrogens (tertiary/aromatic N) is 4. The molecule has 162 valence electrons. The lowest BCUT2D eigenvalue weighted by Crippen LogP contribution is -2.42. The third-order valence-corrected chi connectivity index (χ3v) is 7.98. The Kier molecular flexibility index (Phi) is 6.43. The summed E-state index contributed by atoms with van der Waals surface area (Å²) in [6.07, 6.45) is 0.505. The third kappa shape index (κ3) is 4.83. The molecule has 0 radical (unpaired) electrons. The molecule has 7 nitrogen and oxygen atoms in total. The summed E-state index contributed by atoms with van der Waals surface area (Å²) < 4.78 is 25.6. The maximum Gasteiger partial charge on any atom is 0.233 e. The Morgan fingerprint density at radius 3 is 2.39 bits per heavy atom. The van der Waals surface area contributed by atoms with Gasteiger partial charge in [0.1, 0.15) is 0 Å². The molecule has 0 bridgehead atoms. The maximum absolute atomic E-state index is 12.9. The molecular formula is C22H24N4O3S2. The van der Waals surface area contributed by atoms with E-state index in [2.05, 4.69) is 10.2 Å². The van der Waals surface area contributed by atoms with Gasteiger partial charge in [0.15, 0.2) is 20.8 Å². The molecule has 0 saturated carbocycles. The fraction of sp³-hybridized carbons (Fsp3) is 0.318. The minimum Gasteiger partial charge on any atom is -0.338 e. The second kappa shape index (κ2) is 9.23. The number of hydrogen-bond acceptors (Lipinski definition) is 6. The average molecular weight is 457 g/mol. The van der Waals surface area contributed by atoms with Crippen LogP contribution in [-0.4, -0.2) is 63.8 Å². The van der Waals surface area contributed by atoms with Crippen LogP contribution >= 0.6 is 11.8 Å². The van der Waals surface area contributed by atoms with Crippen LogP contribution in [-0.2, 0) is 14.6 Å².